The van der Waals surface area contributed by atoms with Crippen LogP contribution in [-0.4, -0.2) is 62.9 Å². The maximum absolute atomic E-state index is 5.57. The SMILES string of the molecule is CCNC(=NCc1ccccc1COCC)NCC(C)N1CCOCC1.I. The molecule has 2 N–H and O–H groups in total. The van der Waals surface area contributed by atoms with Crippen LogP contribution < -0.4 is 10.6 Å². The molecule has 0 radical (unpaired) electrons. The number of nitrogens with one attached hydrogen (secondary N) is 2. The molecule has 1 fully saturated rings. The maximum Gasteiger partial charge on any atom is 0.191 e. The van der Waals surface area contributed by atoms with Crippen molar-refractivity contribution in [3.63, 3.8) is 0 Å². The Kier molecular flexibility index (Phi) is 12.6. The molecule has 1 aliphatic heterocycles. The summed E-state index contributed by atoms with van der Waals surface area (Å²) in [7, 11) is 0. The Morgan fingerprint density at radius 1 is 1.19 bits per heavy atom. The summed E-state index contributed by atoms with van der Waals surface area (Å²) in [6.07, 6.45) is 0. The van der Waals surface area contributed by atoms with Gasteiger partial charge in [-0.25, -0.2) is 4.99 Å². The summed E-state index contributed by atoms with van der Waals surface area (Å²) in [5, 5.41) is 6.81. The van der Waals surface area contributed by atoms with Crippen LogP contribution in [0.5, 0.6) is 0 Å². The lowest BCUT2D eigenvalue weighted by Crippen LogP contribution is -2.49. The van der Waals surface area contributed by atoms with E-state index in [1.807, 2.05) is 6.92 Å². The average Bonchev–Trinajstić information content (AvgIpc) is 2.69. The molecular formula is C20H35IN4O2. The molecule has 154 valence electrons. The zero-order valence-electron chi connectivity index (χ0n) is 16.9. The van der Waals surface area contributed by atoms with E-state index in [0.29, 0.717) is 19.2 Å². The summed E-state index contributed by atoms with van der Waals surface area (Å²) < 4.78 is 11.0. The van der Waals surface area contributed by atoms with Crippen LogP contribution in [0.4, 0.5) is 0 Å². The molecule has 2 rings (SSSR count). The van der Waals surface area contributed by atoms with Gasteiger partial charge in [0.25, 0.3) is 0 Å². The fourth-order valence-electron chi connectivity index (χ4n) is 2.96. The van der Waals surface area contributed by atoms with Crippen molar-refractivity contribution in [3.05, 3.63) is 35.4 Å². The predicted molar refractivity (Wildman–Crippen MR) is 122 cm³/mol. The van der Waals surface area contributed by atoms with Gasteiger partial charge < -0.3 is 20.1 Å². The quantitative estimate of drug-likeness (QED) is 0.317. The highest BCUT2D eigenvalue weighted by atomic mass is 127. The summed E-state index contributed by atoms with van der Waals surface area (Å²) >= 11 is 0. The first-order valence-corrected chi connectivity index (χ1v) is 9.73. The van der Waals surface area contributed by atoms with Gasteiger partial charge in [0.05, 0.1) is 26.4 Å². The van der Waals surface area contributed by atoms with Crippen LogP contribution >= 0.6 is 24.0 Å². The summed E-state index contributed by atoms with van der Waals surface area (Å²) in [5.74, 6) is 0.860. The highest BCUT2D eigenvalue weighted by Crippen LogP contribution is 2.11. The van der Waals surface area contributed by atoms with E-state index >= 15 is 0 Å². The average molecular weight is 490 g/mol. The van der Waals surface area contributed by atoms with Crippen LogP contribution in [0.15, 0.2) is 29.3 Å². The standard InChI is InChI=1S/C20H34N4O2.HI/c1-4-21-20(22-14-17(3)24-10-12-26-13-11-24)23-15-18-8-6-7-9-19(18)16-25-5-2;/h6-9,17H,4-5,10-16H2,1-3H3,(H2,21,22,23);1H. The lowest BCUT2D eigenvalue weighted by Gasteiger charge is -2.32. The number of benzene rings is 1. The molecule has 27 heavy (non-hydrogen) atoms. The van der Waals surface area contributed by atoms with E-state index in [4.69, 9.17) is 14.5 Å². The molecule has 0 bridgehead atoms. The second kappa shape index (κ2) is 14.1. The molecular weight excluding hydrogens is 455 g/mol. The molecule has 1 heterocycles. The molecule has 0 aliphatic carbocycles. The Hall–Kier alpha value is -0.900. The number of aliphatic imine (C=N–C) groups is 1. The Balaban J connectivity index is 0.00000364. The molecule has 6 nitrogen and oxygen atoms in total. The minimum absolute atomic E-state index is 0. The van der Waals surface area contributed by atoms with Crippen LogP contribution in [0.25, 0.3) is 0 Å². The molecule has 1 saturated heterocycles. The summed E-state index contributed by atoms with van der Waals surface area (Å²) in [5.41, 5.74) is 2.41. The van der Waals surface area contributed by atoms with Gasteiger partial charge in [0, 0.05) is 38.8 Å². The van der Waals surface area contributed by atoms with Gasteiger partial charge in [-0.1, -0.05) is 24.3 Å². The fourth-order valence-corrected chi connectivity index (χ4v) is 2.96. The van der Waals surface area contributed by atoms with E-state index in [0.717, 1.165) is 52.0 Å². The number of guanidine groups is 1. The van der Waals surface area contributed by atoms with Crippen molar-refractivity contribution in [2.45, 2.75) is 40.0 Å². The van der Waals surface area contributed by atoms with Gasteiger partial charge in [0.1, 0.15) is 0 Å². The fraction of sp³-hybridized carbons (Fsp3) is 0.650. The number of morpholine rings is 1. The molecule has 1 aromatic rings. The number of ether oxygens (including phenoxy) is 2. The molecule has 7 heteroatoms. The van der Waals surface area contributed by atoms with Crippen molar-refractivity contribution in [1.29, 1.82) is 0 Å². The highest BCUT2D eigenvalue weighted by molar-refractivity contribution is 14.0. The molecule has 1 aromatic carbocycles. The third-order valence-electron chi connectivity index (χ3n) is 4.57. The largest absolute Gasteiger partial charge is 0.379 e. The van der Waals surface area contributed by atoms with Gasteiger partial charge in [-0.15, -0.1) is 24.0 Å². The summed E-state index contributed by atoms with van der Waals surface area (Å²) in [6, 6.07) is 8.79. The smallest absolute Gasteiger partial charge is 0.191 e. The van der Waals surface area contributed by atoms with Crippen LogP contribution in [0.1, 0.15) is 31.9 Å². The van der Waals surface area contributed by atoms with E-state index in [1.54, 1.807) is 0 Å². The second-order valence-electron chi connectivity index (χ2n) is 6.48. The molecule has 1 atom stereocenters. The minimum Gasteiger partial charge on any atom is -0.379 e. The molecule has 1 aliphatic rings. The first kappa shape index (κ1) is 24.1. The first-order chi connectivity index (χ1) is 12.7. The maximum atomic E-state index is 5.57. The van der Waals surface area contributed by atoms with E-state index < -0.39 is 0 Å². The lowest BCUT2D eigenvalue weighted by atomic mass is 10.1. The highest BCUT2D eigenvalue weighted by Gasteiger charge is 2.17. The summed E-state index contributed by atoms with van der Waals surface area (Å²) in [6.45, 7) is 13.7. The monoisotopic (exact) mass is 490 g/mol. The Morgan fingerprint density at radius 3 is 2.56 bits per heavy atom. The third kappa shape index (κ3) is 8.76. The number of nitrogens with zero attached hydrogens (tertiary/aromatic N) is 2. The molecule has 0 saturated carbocycles. The van der Waals surface area contributed by atoms with Crippen molar-refractivity contribution in [2.75, 3.05) is 46.0 Å². The number of halogens is 1. The van der Waals surface area contributed by atoms with Gasteiger partial charge in [0.2, 0.25) is 0 Å². The van der Waals surface area contributed by atoms with E-state index in [-0.39, 0.29) is 24.0 Å². The molecule has 0 spiro atoms. The molecule has 0 amide bonds. The first-order valence-electron chi connectivity index (χ1n) is 9.73. The molecule has 1 unspecified atom stereocenters. The van der Waals surface area contributed by atoms with Crippen LogP contribution in [0.3, 0.4) is 0 Å². The second-order valence-corrected chi connectivity index (χ2v) is 6.48. The summed E-state index contributed by atoms with van der Waals surface area (Å²) in [4.78, 5) is 7.22. The van der Waals surface area contributed by atoms with Gasteiger partial charge in [-0.05, 0) is 31.9 Å². The predicted octanol–water partition coefficient (Wildman–Crippen LogP) is 2.62. The van der Waals surface area contributed by atoms with Gasteiger partial charge in [-0.2, -0.15) is 0 Å². The Bertz CT molecular complexity index is 551. The van der Waals surface area contributed by atoms with Crippen molar-refractivity contribution in [1.82, 2.24) is 15.5 Å². The van der Waals surface area contributed by atoms with Crippen LogP contribution in [0, 0.1) is 0 Å². The number of hydrogen-bond donors (Lipinski definition) is 2. The number of hydrogen-bond acceptors (Lipinski definition) is 4. The van der Waals surface area contributed by atoms with Crippen molar-refractivity contribution < 1.29 is 9.47 Å². The van der Waals surface area contributed by atoms with Gasteiger partial charge in [0.15, 0.2) is 5.96 Å². The van der Waals surface area contributed by atoms with Gasteiger partial charge >= 0.3 is 0 Å². The van der Waals surface area contributed by atoms with E-state index in [2.05, 4.69) is 53.6 Å². The van der Waals surface area contributed by atoms with Crippen molar-refractivity contribution in [2.24, 2.45) is 4.99 Å². The lowest BCUT2D eigenvalue weighted by molar-refractivity contribution is 0.0211. The zero-order valence-corrected chi connectivity index (χ0v) is 19.2. The van der Waals surface area contributed by atoms with E-state index in [1.165, 1.54) is 11.1 Å². The van der Waals surface area contributed by atoms with Gasteiger partial charge in [-0.3, -0.25) is 4.90 Å². The Morgan fingerprint density at radius 2 is 1.89 bits per heavy atom. The van der Waals surface area contributed by atoms with E-state index in [9.17, 15) is 0 Å². The molecule has 0 aromatic heterocycles. The van der Waals surface area contributed by atoms with Crippen LogP contribution in [-0.2, 0) is 22.6 Å². The van der Waals surface area contributed by atoms with Crippen LogP contribution in [0.2, 0.25) is 0 Å². The van der Waals surface area contributed by atoms with Crippen molar-refractivity contribution >= 4 is 29.9 Å². The topological polar surface area (TPSA) is 58.1 Å². The normalized spacial score (nSPS) is 16.5. The van der Waals surface area contributed by atoms with Crippen molar-refractivity contribution in [3.8, 4) is 0 Å². The zero-order chi connectivity index (χ0) is 18.6. The third-order valence-corrected chi connectivity index (χ3v) is 4.57. The number of rotatable bonds is 9. The Labute approximate surface area is 181 Å². The minimum atomic E-state index is 0.